The summed E-state index contributed by atoms with van der Waals surface area (Å²) in [5, 5.41) is 10.1. The molecule has 0 aliphatic carbocycles. The zero-order chi connectivity index (χ0) is 21.0. The number of hydrazone groups is 1. The van der Waals surface area contributed by atoms with Gasteiger partial charge in [-0.3, -0.25) is 0 Å². The summed E-state index contributed by atoms with van der Waals surface area (Å²) in [6.45, 7) is 6.89. The standard InChI is InChI=1S/C27H29N3O/c1-19(2)29-15-13-27(14-16-29)30-25(23-9-5-6-10-26(23)31-27)18-24(28-30)22-12-11-20-7-3-4-8-21(20)17-22/h3-12,17,19,25H,13-16,18H2,1-2H3/p+1/t25-/m0/s1. The Bertz CT molecular complexity index is 1160. The second-order valence-corrected chi connectivity index (χ2v) is 9.57. The average molecular weight is 413 g/mol. The zero-order valence-corrected chi connectivity index (χ0v) is 18.3. The summed E-state index contributed by atoms with van der Waals surface area (Å²) < 4.78 is 6.76. The lowest BCUT2D eigenvalue weighted by molar-refractivity contribution is -0.929. The van der Waals surface area contributed by atoms with Crippen molar-refractivity contribution in [3.8, 4) is 5.75 Å². The van der Waals surface area contributed by atoms with Crippen LogP contribution in [0.5, 0.6) is 5.75 Å². The molecule has 3 aromatic carbocycles. The molecule has 3 aliphatic heterocycles. The fourth-order valence-corrected chi connectivity index (χ4v) is 5.64. The quantitative estimate of drug-likeness (QED) is 0.685. The third-order valence-electron chi connectivity index (χ3n) is 7.48. The Kier molecular flexibility index (Phi) is 4.32. The summed E-state index contributed by atoms with van der Waals surface area (Å²) in [7, 11) is 0. The first-order valence-electron chi connectivity index (χ1n) is 11.6. The van der Waals surface area contributed by atoms with Crippen LogP contribution in [0.15, 0.2) is 71.8 Å². The van der Waals surface area contributed by atoms with E-state index in [0.29, 0.717) is 6.04 Å². The molecule has 3 heterocycles. The van der Waals surface area contributed by atoms with Gasteiger partial charge in [0, 0.05) is 12.0 Å². The lowest BCUT2D eigenvalue weighted by Gasteiger charge is -2.50. The number of likely N-dealkylation sites (tertiary alicyclic amines) is 1. The predicted octanol–water partition coefficient (Wildman–Crippen LogP) is 4.17. The molecule has 1 N–H and O–H groups in total. The van der Waals surface area contributed by atoms with Crippen molar-refractivity contribution in [2.75, 3.05) is 13.1 Å². The maximum atomic E-state index is 6.76. The highest BCUT2D eigenvalue weighted by atomic mass is 16.5. The Labute approximate surface area is 184 Å². The molecule has 6 rings (SSSR count). The van der Waals surface area contributed by atoms with Gasteiger partial charge in [-0.2, -0.15) is 5.10 Å². The average Bonchev–Trinajstić information content (AvgIpc) is 3.26. The largest absolute Gasteiger partial charge is 0.466 e. The second-order valence-electron chi connectivity index (χ2n) is 9.57. The molecule has 3 aromatic rings. The first kappa shape index (κ1) is 18.9. The Hall–Kier alpha value is -2.85. The maximum absolute atomic E-state index is 6.76. The summed E-state index contributed by atoms with van der Waals surface area (Å²) in [5.41, 5.74) is 3.35. The van der Waals surface area contributed by atoms with Gasteiger partial charge in [-0.25, -0.2) is 5.01 Å². The number of piperidine rings is 1. The molecule has 1 spiro atoms. The number of rotatable bonds is 2. The molecule has 1 saturated heterocycles. The SMILES string of the molecule is CC(C)[NH+]1CCC2(CC1)Oc1ccccc1[C@@H]1CC(c3ccc4ccccc4c3)=NN12. The van der Waals surface area contributed by atoms with E-state index in [-0.39, 0.29) is 11.8 Å². The second kappa shape index (κ2) is 7.10. The number of ether oxygens (including phenoxy) is 1. The summed E-state index contributed by atoms with van der Waals surface area (Å²) in [6.07, 6.45) is 2.96. The number of quaternary nitrogens is 1. The first-order chi connectivity index (χ1) is 15.1. The van der Waals surface area contributed by atoms with E-state index in [4.69, 9.17) is 9.84 Å². The molecule has 0 radical (unpaired) electrons. The molecular formula is C27H30N3O+. The molecular weight excluding hydrogens is 382 g/mol. The number of benzene rings is 3. The van der Waals surface area contributed by atoms with E-state index in [1.165, 1.54) is 27.6 Å². The van der Waals surface area contributed by atoms with E-state index >= 15 is 0 Å². The maximum Gasteiger partial charge on any atom is 0.208 e. The van der Waals surface area contributed by atoms with Crippen molar-refractivity contribution >= 4 is 16.5 Å². The van der Waals surface area contributed by atoms with Gasteiger partial charge >= 0.3 is 0 Å². The summed E-state index contributed by atoms with van der Waals surface area (Å²) >= 11 is 0. The number of nitrogens with one attached hydrogen (secondary N) is 1. The van der Waals surface area contributed by atoms with Crippen LogP contribution in [0.2, 0.25) is 0 Å². The highest BCUT2D eigenvalue weighted by molar-refractivity contribution is 6.04. The minimum atomic E-state index is -0.323. The Morgan fingerprint density at radius 2 is 1.71 bits per heavy atom. The molecule has 0 bridgehead atoms. The fraction of sp³-hybridized carbons (Fsp3) is 0.370. The van der Waals surface area contributed by atoms with Crippen molar-refractivity contribution in [2.24, 2.45) is 5.10 Å². The zero-order valence-electron chi connectivity index (χ0n) is 18.3. The van der Waals surface area contributed by atoms with E-state index in [0.717, 1.165) is 38.1 Å². The molecule has 158 valence electrons. The van der Waals surface area contributed by atoms with Crippen LogP contribution in [0, 0.1) is 0 Å². The lowest BCUT2D eigenvalue weighted by Crippen LogP contribution is -3.16. The monoisotopic (exact) mass is 412 g/mol. The molecule has 1 fully saturated rings. The Balaban J connectivity index is 1.40. The van der Waals surface area contributed by atoms with Crippen LogP contribution in [0.1, 0.15) is 50.3 Å². The normalized spacial score (nSPS) is 27.2. The van der Waals surface area contributed by atoms with E-state index in [2.05, 4.69) is 85.6 Å². The molecule has 0 aromatic heterocycles. The van der Waals surface area contributed by atoms with Gasteiger partial charge in [0.05, 0.1) is 43.7 Å². The van der Waals surface area contributed by atoms with Gasteiger partial charge in [-0.1, -0.05) is 54.6 Å². The third kappa shape index (κ3) is 3.04. The third-order valence-corrected chi connectivity index (χ3v) is 7.48. The molecule has 31 heavy (non-hydrogen) atoms. The van der Waals surface area contributed by atoms with Gasteiger partial charge in [0.15, 0.2) is 0 Å². The van der Waals surface area contributed by atoms with Crippen molar-refractivity contribution in [2.45, 2.75) is 50.9 Å². The van der Waals surface area contributed by atoms with Crippen LogP contribution in [0.25, 0.3) is 10.8 Å². The molecule has 0 saturated carbocycles. The fourth-order valence-electron chi connectivity index (χ4n) is 5.64. The summed E-state index contributed by atoms with van der Waals surface area (Å²) in [5.74, 6) is 1.05. The topological polar surface area (TPSA) is 29.3 Å². The van der Waals surface area contributed by atoms with Gasteiger partial charge in [-0.05, 0) is 42.3 Å². The van der Waals surface area contributed by atoms with Crippen LogP contribution < -0.4 is 9.64 Å². The number of hydrogen-bond acceptors (Lipinski definition) is 3. The van der Waals surface area contributed by atoms with Gasteiger partial charge in [-0.15, -0.1) is 0 Å². The van der Waals surface area contributed by atoms with Crippen LogP contribution >= 0.6 is 0 Å². The van der Waals surface area contributed by atoms with E-state index in [1.807, 2.05) is 0 Å². The summed E-state index contributed by atoms with van der Waals surface area (Å²) in [6, 6.07) is 24.8. The lowest BCUT2D eigenvalue weighted by atomic mass is 9.90. The van der Waals surface area contributed by atoms with Crippen molar-refractivity contribution in [3.63, 3.8) is 0 Å². The molecule has 4 heteroatoms. The van der Waals surface area contributed by atoms with Crippen molar-refractivity contribution in [1.29, 1.82) is 0 Å². The summed E-state index contributed by atoms with van der Waals surface area (Å²) in [4.78, 5) is 1.67. The smallest absolute Gasteiger partial charge is 0.208 e. The highest BCUT2D eigenvalue weighted by Crippen LogP contribution is 2.49. The van der Waals surface area contributed by atoms with Crippen molar-refractivity contribution in [3.05, 3.63) is 77.9 Å². The molecule has 1 atom stereocenters. The van der Waals surface area contributed by atoms with Crippen LogP contribution in [0.3, 0.4) is 0 Å². The number of para-hydroxylation sites is 1. The van der Waals surface area contributed by atoms with Crippen LogP contribution in [-0.4, -0.2) is 35.6 Å². The minimum absolute atomic E-state index is 0.257. The minimum Gasteiger partial charge on any atom is -0.466 e. The van der Waals surface area contributed by atoms with E-state index in [9.17, 15) is 0 Å². The van der Waals surface area contributed by atoms with Crippen molar-refractivity contribution < 1.29 is 9.64 Å². The van der Waals surface area contributed by atoms with Crippen molar-refractivity contribution in [1.82, 2.24) is 5.01 Å². The highest BCUT2D eigenvalue weighted by Gasteiger charge is 2.53. The molecule has 0 unspecified atom stereocenters. The van der Waals surface area contributed by atoms with Gasteiger partial charge in [0.25, 0.3) is 0 Å². The number of hydrogen-bond donors (Lipinski definition) is 1. The van der Waals surface area contributed by atoms with Crippen LogP contribution in [0.4, 0.5) is 0 Å². The van der Waals surface area contributed by atoms with Gasteiger partial charge in [0.2, 0.25) is 5.72 Å². The van der Waals surface area contributed by atoms with E-state index < -0.39 is 0 Å². The Morgan fingerprint density at radius 3 is 2.52 bits per heavy atom. The molecule has 3 aliphatic rings. The Morgan fingerprint density at radius 1 is 0.968 bits per heavy atom. The first-order valence-corrected chi connectivity index (χ1v) is 11.6. The molecule has 4 nitrogen and oxygen atoms in total. The number of nitrogens with zero attached hydrogens (tertiary/aromatic N) is 2. The molecule has 0 amide bonds. The predicted molar refractivity (Wildman–Crippen MR) is 125 cm³/mol. The van der Waals surface area contributed by atoms with Gasteiger partial charge in [0.1, 0.15) is 5.75 Å². The van der Waals surface area contributed by atoms with E-state index in [1.54, 1.807) is 4.90 Å². The van der Waals surface area contributed by atoms with Gasteiger partial charge < -0.3 is 9.64 Å². The van der Waals surface area contributed by atoms with Crippen LogP contribution in [-0.2, 0) is 0 Å². The number of fused-ring (bicyclic) bond motifs is 5.